The van der Waals surface area contributed by atoms with Crippen molar-refractivity contribution in [1.29, 1.82) is 0 Å². The van der Waals surface area contributed by atoms with Gasteiger partial charge in [0.05, 0.1) is 24.4 Å². The molecule has 2 atom stereocenters. The van der Waals surface area contributed by atoms with Gasteiger partial charge in [-0.15, -0.1) is 0 Å². The van der Waals surface area contributed by atoms with Crippen LogP contribution in [0.5, 0.6) is 0 Å². The molecule has 7 nitrogen and oxygen atoms in total. The average molecular weight is 288 g/mol. The summed E-state index contributed by atoms with van der Waals surface area (Å²) in [5.41, 5.74) is 4.83. The predicted molar refractivity (Wildman–Crippen MR) is 70.0 cm³/mol. The maximum atomic E-state index is 12.3. The molecule has 1 saturated heterocycles. The zero-order valence-corrected chi connectivity index (χ0v) is 12.0. The first kappa shape index (κ1) is 14.4. The fourth-order valence-corrected chi connectivity index (χ4v) is 3.52. The Morgan fingerprint density at radius 3 is 3.00 bits per heavy atom. The SMILES string of the molecule is CC1OCCC1(C)NS(=O)(=O)c1cnn(CCN)c1. The maximum Gasteiger partial charge on any atom is 0.244 e. The lowest BCUT2D eigenvalue weighted by atomic mass is 9.97. The molecule has 0 aliphatic carbocycles. The van der Waals surface area contributed by atoms with E-state index in [4.69, 9.17) is 10.5 Å². The number of ether oxygens (including phenoxy) is 1. The molecule has 0 saturated carbocycles. The molecule has 3 N–H and O–H groups in total. The minimum Gasteiger partial charge on any atom is -0.376 e. The predicted octanol–water partition coefficient (Wildman–Crippen LogP) is -0.312. The lowest BCUT2D eigenvalue weighted by Crippen LogP contribution is -2.50. The third-order valence-electron chi connectivity index (χ3n) is 3.53. The van der Waals surface area contributed by atoms with Crippen LogP contribution in [-0.2, 0) is 21.3 Å². The summed E-state index contributed by atoms with van der Waals surface area (Å²) in [6.45, 7) is 5.19. The summed E-state index contributed by atoms with van der Waals surface area (Å²) in [5, 5.41) is 3.97. The van der Waals surface area contributed by atoms with E-state index >= 15 is 0 Å². The van der Waals surface area contributed by atoms with Crippen LogP contribution >= 0.6 is 0 Å². The molecule has 2 unspecified atom stereocenters. The van der Waals surface area contributed by atoms with Gasteiger partial charge >= 0.3 is 0 Å². The first-order valence-corrected chi connectivity index (χ1v) is 7.74. The van der Waals surface area contributed by atoms with Crippen LogP contribution in [0.1, 0.15) is 20.3 Å². The Kier molecular flexibility index (Phi) is 3.95. The van der Waals surface area contributed by atoms with E-state index in [-0.39, 0.29) is 11.0 Å². The molecule has 8 heteroatoms. The van der Waals surface area contributed by atoms with Gasteiger partial charge < -0.3 is 10.5 Å². The van der Waals surface area contributed by atoms with Crippen molar-refractivity contribution in [2.75, 3.05) is 13.2 Å². The molecule has 2 heterocycles. The molecule has 0 bridgehead atoms. The molecule has 1 aromatic heterocycles. The van der Waals surface area contributed by atoms with Crippen molar-refractivity contribution < 1.29 is 13.2 Å². The van der Waals surface area contributed by atoms with Crippen LogP contribution in [0.3, 0.4) is 0 Å². The van der Waals surface area contributed by atoms with Gasteiger partial charge in [-0.2, -0.15) is 5.10 Å². The number of rotatable bonds is 5. The highest BCUT2D eigenvalue weighted by atomic mass is 32.2. The highest BCUT2D eigenvalue weighted by Crippen LogP contribution is 2.27. The van der Waals surface area contributed by atoms with Crippen LogP contribution in [0.15, 0.2) is 17.3 Å². The smallest absolute Gasteiger partial charge is 0.244 e. The molecule has 0 aromatic carbocycles. The molecule has 1 fully saturated rings. The Bertz CT molecular complexity index is 542. The van der Waals surface area contributed by atoms with Gasteiger partial charge in [0.2, 0.25) is 10.0 Å². The van der Waals surface area contributed by atoms with Gasteiger partial charge in [-0.25, -0.2) is 13.1 Å². The van der Waals surface area contributed by atoms with Crippen LogP contribution in [-0.4, -0.2) is 43.0 Å². The molecule has 0 radical (unpaired) electrons. The van der Waals surface area contributed by atoms with Gasteiger partial charge in [0.15, 0.2) is 0 Å². The fraction of sp³-hybridized carbons (Fsp3) is 0.727. The van der Waals surface area contributed by atoms with Crippen molar-refractivity contribution in [2.45, 2.75) is 43.4 Å². The van der Waals surface area contributed by atoms with Crippen LogP contribution in [0.2, 0.25) is 0 Å². The summed E-state index contributed by atoms with van der Waals surface area (Å²) in [5.74, 6) is 0. The number of nitrogens with two attached hydrogens (primary N) is 1. The standard InChI is InChI=1S/C11H20N4O3S/c1-9-11(2,3-6-18-9)14-19(16,17)10-7-13-15(8-10)5-4-12/h7-9,14H,3-6,12H2,1-2H3. The Morgan fingerprint density at radius 1 is 1.68 bits per heavy atom. The zero-order chi connectivity index (χ0) is 14.1. The molecule has 1 aliphatic rings. The Labute approximate surface area is 113 Å². The summed E-state index contributed by atoms with van der Waals surface area (Å²) < 4.78 is 34.3. The van der Waals surface area contributed by atoms with E-state index in [0.29, 0.717) is 26.1 Å². The van der Waals surface area contributed by atoms with E-state index in [1.165, 1.54) is 17.1 Å². The first-order valence-electron chi connectivity index (χ1n) is 6.25. The molecule has 108 valence electrons. The van der Waals surface area contributed by atoms with Gasteiger partial charge in [0.25, 0.3) is 0 Å². The summed E-state index contributed by atoms with van der Waals surface area (Å²) in [4.78, 5) is 0.154. The van der Waals surface area contributed by atoms with E-state index < -0.39 is 15.6 Å². The van der Waals surface area contributed by atoms with Crippen molar-refractivity contribution >= 4 is 10.0 Å². The van der Waals surface area contributed by atoms with Crippen LogP contribution in [0.25, 0.3) is 0 Å². The number of aromatic nitrogens is 2. The van der Waals surface area contributed by atoms with Crippen LogP contribution in [0.4, 0.5) is 0 Å². The van der Waals surface area contributed by atoms with Gasteiger partial charge in [0, 0.05) is 19.3 Å². The zero-order valence-electron chi connectivity index (χ0n) is 11.2. The quantitative estimate of drug-likeness (QED) is 0.774. The monoisotopic (exact) mass is 288 g/mol. The number of hydrogen-bond donors (Lipinski definition) is 2. The molecule has 0 spiro atoms. The Balaban J connectivity index is 2.17. The van der Waals surface area contributed by atoms with E-state index in [1.807, 2.05) is 13.8 Å². The fourth-order valence-electron chi connectivity index (χ4n) is 2.07. The van der Waals surface area contributed by atoms with Crippen molar-refractivity contribution in [3.05, 3.63) is 12.4 Å². The second-order valence-electron chi connectivity index (χ2n) is 5.01. The molecule has 1 aliphatic heterocycles. The third-order valence-corrected chi connectivity index (χ3v) is 5.10. The maximum absolute atomic E-state index is 12.3. The van der Waals surface area contributed by atoms with Crippen molar-refractivity contribution in [1.82, 2.24) is 14.5 Å². The summed E-state index contributed by atoms with van der Waals surface area (Å²) in [6.07, 6.45) is 3.33. The third kappa shape index (κ3) is 2.97. The van der Waals surface area contributed by atoms with Gasteiger partial charge in [-0.05, 0) is 20.3 Å². The van der Waals surface area contributed by atoms with Crippen molar-refractivity contribution in [3.63, 3.8) is 0 Å². The largest absolute Gasteiger partial charge is 0.376 e. The summed E-state index contributed by atoms with van der Waals surface area (Å²) in [7, 11) is -3.59. The van der Waals surface area contributed by atoms with Gasteiger partial charge in [-0.3, -0.25) is 4.68 Å². The van der Waals surface area contributed by atoms with Crippen LogP contribution in [0, 0.1) is 0 Å². The number of hydrogen-bond acceptors (Lipinski definition) is 5. The average Bonchev–Trinajstić information content (AvgIpc) is 2.88. The van der Waals surface area contributed by atoms with Crippen LogP contribution < -0.4 is 10.5 Å². The summed E-state index contributed by atoms with van der Waals surface area (Å²) in [6, 6.07) is 0. The second kappa shape index (κ2) is 5.20. The Morgan fingerprint density at radius 2 is 2.42 bits per heavy atom. The normalized spacial score (nSPS) is 27.8. The first-order chi connectivity index (χ1) is 8.87. The minimum absolute atomic E-state index is 0.152. The van der Waals surface area contributed by atoms with Crippen molar-refractivity contribution in [2.24, 2.45) is 5.73 Å². The van der Waals surface area contributed by atoms with E-state index in [1.54, 1.807) is 0 Å². The molecule has 0 amide bonds. The number of sulfonamides is 1. The van der Waals surface area contributed by atoms with Gasteiger partial charge in [-0.1, -0.05) is 0 Å². The number of nitrogens with zero attached hydrogens (tertiary/aromatic N) is 2. The number of nitrogens with one attached hydrogen (secondary N) is 1. The van der Waals surface area contributed by atoms with E-state index in [9.17, 15) is 8.42 Å². The minimum atomic E-state index is -3.59. The molecular formula is C11H20N4O3S. The van der Waals surface area contributed by atoms with E-state index in [0.717, 1.165) is 0 Å². The lowest BCUT2D eigenvalue weighted by molar-refractivity contribution is 0.0957. The highest BCUT2D eigenvalue weighted by Gasteiger charge is 2.40. The lowest BCUT2D eigenvalue weighted by Gasteiger charge is -2.28. The Hall–Kier alpha value is -0.960. The topological polar surface area (TPSA) is 99.2 Å². The second-order valence-corrected chi connectivity index (χ2v) is 6.70. The molecular weight excluding hydrogens is 268 g/mol. The van der Waals surface area contributed by atoms with Gasteiger partial charge in [0.1, 0.15) is 4.90 Å². The highest BCUT2D eigenvalue weighted by molar-refractivity contribution is 7.89. The van der Waals surface area contributed by atoms with E-state index in [2.05, 4.69) is 9.82 Å². The molecule has 2 rings (SSSR count). The molecule has 19 heavy (non-hydrogen) atoms. The summed E-state index contributed by atoms with van der Waals surface area (Å²) >= 11 is 0. The van der Waals surface area contributed by atoms with Crippen molar-refractivity contribution in [3.8, 4) is 0 Å². The molecule has 1 aromatic rings.